The van der Waals surface area contributed by atoms with Crippen molar-refractivity contribution in [2.24, 2.45) is 0 Å². The van der Waals surface area contributed by atoms with Crippen LogP contribution in [0.1, 0.15) is 52.2 Å². The van der Waals surface area contributed by atoms with Gasteiger partial charge in [-0.05, 0) is 67.3 Å². The summed E-state index contributed by atoms with van der Waals surface area (Å²) < 4.78 is 25.8. The maximum atomic E-state index is 5.10. The van der Waals surface area contributed by atoms with E-state index < -0.39 is 0 Å². The number of nitrogens with zero attached hydrogens (tertiary/aromatic N) is 7. The summed E-state index contributed by atoms with van der Waals surface area (Å²) in [6, 6.07) is 11.7. The van der Waals surface area contributed by atoms with Gasteiger partial charge in [0.05, 0.1) is 44.4 Å². The molecule has 12 nitrogen and oxygen atoms in total. The van der Waals surface area contributed by atoms with Gasteiger partial charge in [-0.25, -0.2) is 9.97 Å². The van der Waals surface area contributed by atoms with E-state index in [1.165, 1.54) is 6.33 Å². The largest absolute Gasteiger partial charge is 0.380 e. The third kappa shape index (κ3) is 20.1. The molecule has 5 heterocycles. The van der Waals surface area contributed by atoms with Crippen LogP contribution in [0.3, 0.4) is 0 Å². The van der Waals surface area contributed by atoms with E-state index >= 15 is 0 Å². The molecular formula is C36H48BrN7O5. The number of aryl methyl sites for hydroxylation is 1. The lowest BCUT2D eigenvalue weighted by Crippen LogP contribution is -1.95. The molecule has 0 aliphatic rings. The van der Waals surface area contributed by atoms with E-state index in [-0.39, 0.29) is 6.10 Å². The Hall–Kier alpha value is -4.11. The molecular weight excluding hydrogens is 690 g/mol. The molecule has 0 radical (unpaired) electrons. The highest BCUT2D eigenvalue weighted by molar-refractivity contribution is 9.10. The number of pyridine rings is 3. The van der Waals surface area contributed by atoms with Crippen LogP contribution in [0, 0.1) is 13.8 Å². The number of hydrogen-bond donors (Lipinski definition) is 0. The standard InChI is InChI=1S/C8H10BrNO.2C8H11NO.2C6H8N2O/c1-6-7(9)3-4-10-8(6)5-11-2;1-7-3-4-8(5-9-7)6-10-2;1-7(10-2)8-4-3-5-9-6-8;1-9-4-6-2-7-5-8-3-6;1-9-5-6-2-3-7-8-4-6/h3-4H,5H2,1-2H3;3-5H,6H2,1-2H3;3-7H,1-2H3;2-3,5H,4H2,1H3;2-4H,5H2,1H3. The number of rotatable bonds is 10. The van der Waals surface area contributed by atoms with E-state index in [0.717, 1.165) is 43.7 Å². The Kier molecular flexibility index (Phi) is 24.3. The molecule has 1 unspecified atom stereocenters. The summed E-state index contributed by atoms with van der Waals surface area (Å²) in [5.41, 5.74) is 7.46. The fourth-order valence-electron chi connectivity index (χ4n) is 3.48. The van der Waals surface area contributed by atoms with E-state index in [4.69, 9.17) is 23.7 Å². The van der Waals surface area contributed by atoms with Crippen LogP contribution in [0.4, 0.5) is 0 Å². The van der Waals surface area contributed by atoms with Crippen LogP contribution >= 0.6 is 15.9 Å². The minimum Gasteiger partial charge on any atom is -0.380 e. The number of hydrogen-bond acceptors (Lipinski definition) is 12. The minimum absolute atomic E-state index is 0.147. The highest BCUT2D eigenvalue weighted by Crippen LogP contribution is 2.17. The van der Waals surface area contributed by atoms with Crippen LogP contribution in [0.2, 0.25) is 0 Å². The van der Waals surface area contributed by atoms with Crippen molar-refractivity contribution in [3.63, 3.8) is 0 Å². The molecule has 1 atom stereocenters. The van der Waals surface area contributed by atoms with Gasteiger partial charge in [0.15, 0.2) is 0 Å². The van der Waals surface area contributed by atoms with E-state index in [1.54, 1.807) is 72.7 Å². The lowest BCUT2D eigenvalue weighted by atomic mass is 10.2. The van der Waals surface area contributed by atoms with Gasteiger partial charge >= 0.3 is 0 Å². The second-order valence-corrected chi connectivity index (χ2v) is 10.9. The number of ether oxygens (including phenoxy) is 5. The Balaban J connectivity index is 0.000000307. The number of halogens is 1. The SMILES string of the molecule is COC(C)c1cccnc1.COCc1ccc(C)nc1.COCc1ccnnc1.COCc1cncnc1.COCc1nccc(Br)c1C. The predicted octanol–water partition coefficient (Wildman–Crippen LogP) is 6.87. The quantitative estimate of drug-likeness (QED) is 0.148. The van der Waals surface area contributed by atoms with Gasteiger partial charge in [0.25, 0.3) is 0 Å². The van der Waals surface area contributed by atoms with Gasteiger partial charge in [0.1, 0.15) is 6.33 Å². The summed E-state index contributed by atoms with van der Waals surface area (Å²) in [7, 11) is 8.34. The predicted molar refractivity (Wildman–Crippen MR) is 192 cm³/mol. The first-order valence-corrected chi connectivity index (χ1v) is 16.0. The van der Waals surface area contributed by atoms with Gasteiger partial charge in [0, 0.05) is 94.7 Å². The summed E-state index contributed by atoms with van der Waals surface area (Å²) in [5, 5.41) is 7.30. The van der Waals surface area contributed by atoms with Crippen molar-refractivity contribution in [1.29, 1.82) is 0 Å². The molecule has 5 aromatic heterocycles. The molecule has 0 aromatic carbocycles. The zero-order chi connectivity index (χ0) is 36.1. The molecule has 0 bridgehead atoms. The van der Waals surface area contributed by atoms with Crippen molar-refractivity contribution in [3.8, 4) is 0 Å². The van der Waals surface area contributed by atoms with Gasteiger partial charge in [-0.2, -0.15) is 10.2 Å². The van der Waals surface area contributed by atoms with Crippen molar-refractivity contribution >= 4 is 15.9 Å². The molecule has 5 rings (SSSR count). The molecule has 0 amide bonds. The van der Waals surface area contributed by atoms with E-state index in [9.17, 15) is 0 Å². The topological polar surface area (TPSA) is 136 Å². The average molecular weight is 739 g/mol. The lowest BCUT2D eigenvalue weighted by Gasteiger charge is -2.07. The van der Waals surface area contributed by atoms with Gasteiger partial charge in [-0.3, -0.25) is 15.0 Å². The Labute approximate surface area is 298 Å². The van der Waals surface area contributed by atoms with Crippen LogP contribution < -0.4 is 0 Å². The Morgan fingerprint density at radius 2 is 1.27 bits per heavy atom. The first-order valence-electron chi connectivity index (χ1n) is 15.2. The van der Waals surface area contributed by atoms with Crippen molar-refractivity contribution in [1.82, 2.24) is 35.1 Å². The average Bonchev–Trinajstić information content (AvgIpc) is 3.14. The van der Waals surface area contributed by atoms with Crippen LogP contribution in [0.25, 0.3) is 0 Å². The number of methoxy groups -OCH3 is 5. The molecule has 0 spiro atoms. The highest BCUT2D eigenvalue weighted by Gasteiger charge is 2.01. The fraction of sp³-hybridized carbons (Fsp3) is 0.361. The molecule has 5 aromatic rings. The fourth-order valence-corrected chi connectivity index (χ4v) is 3.83. The second-order valence-electron chi connectivity index (χ2n) is 10.1. The van der Waals surface area contributed by atoms with Crippen LogP contribution in [-0.2, 0) is 50.1 Å². The third-order valence-corrected chi connectivity index (χ3v) is 7.06. The summed E-state index contributed by atoms with van der Waals surface area (Å²) in [4.78, 5) is 19.9. The minimum atomic E-state index is 0.147. The molecule has 0 fully saturated rings. The van der Waals surface area contributed by atoms with Crippen LogP contribution in [-0.4, -0.2) is 70.7 Å². The van der Waals surface area contributed by atoms with Gasteiger partial charge in [-0.15, -0.1) is 0 Å². The molecule has 13 heteroatoms. The van der Waals surface area contributed by atoms with Crippen molar-refractivity contribution in [3.05, 3.63) is 136 Å². The first kappa shape index (κ1) is 42.9. The van der Waals surface area contributed by atoms with E-state index in [2.05, 4.69) is 51.0 Å². The zero-order valence-corrected chi connectivity index (χ0v) is 31.2. The summed E-state index contributed by atoms with van der Waals surface area (Å²) in [5.74, 6) is 0. The normalized spacial score (nSPS) is 10.4. The second kappa shape index (κ2) is 27.8. The van der Waals surface area contributed by atoms with E-state index in [1.807, 2.05) is 69.6 Å². The lowest BCUT2D eigenvalue weighted by molar-refractivity contribution is 0.119. The van der Waals surface area contributed by atoms with E-state index in [0.29, 0.717) is 26.4 Å². The maximum Gasteiger partial charge on any atom is 0.115 e. The summed E-state index contributed by atoms with van der Waals surface area (Å²) in [6.45, 7) is 8.40. The maximum absolute atomic E-state index is 5.10. The Morgan fingerprint density at radius 1 is 0.612 bits per heavy atom. The van der Waals surface area contributed by atoms with Crippen molar-refractivity contribution < 1.29 is 23.7 Å². The molecule has 0 N–H and O–H groups in total. The molecule has 0 aliphatic carbocycles. The smallest absolute Gasteiger partial charge is 0.115 e. The third-order valence-electron chi connectivity index (χ3n) is 6.20. The molecule has 0 saturated heterocycles. The molecule has 0 aliphatic heterocycles. The zero-order valence-electron chi connectivity index (χ0n) is 29.6. The Morgan fingerprint density at radius 3 is 1.80 bits per heavy atom. The first-order chi connectivity index (χ1) is 23.8. The monoisotopic (exact) mass is 737 g/mol. The molecule has 49 heavy (non-hydrogen) atoms. The number of aromatic nitrogens is 7. The molecule has 0 saturated carbocycles. The highest BCUT2D eigenvalue weighted by atomic mass is 79.9. The van der Waals surface area contributed by atoms with Crippen LogP contribution in [0.15, 0.2) is 96.8 Å². The summed E-state index contributed by atoms with van der Waals surface area (Å²) in [6.07, 6.45) is 15.6. The van der Waals surface area contributed by atoms with Crippen molar-refractivity contribution in [2.75, 3.05) is 35.5 Å². The van der Waals surface area contributed by atoms with Crippen LogP contribution in [0.5, 0.6) is 0 Å². The Bertz CT molecular complexity index is 1450. The van der Waals surface area contributed by atoms with Gasteiger partial charge in [0.2, 0.25) is 0 Å². The van der Waals surface area contributed by atoms with Crippen molar-refractivity contribution in [2.45, 2.75) is 53.3 Å². The summed E-state index contributed by atoms with van der Waals surface area (Å²) >= 11 is 3.42. The van der Waals surface area contributed by atoms with Gasteiger partial charge in [-0.1, -0.05) is 28.1 Å². The molecule has 264 valence electrons. The van der Waals surface area contributed by atoms with Gasteiger partial charge < -0.3 is 23.7 Å².